The Morgan fingerprint density at radius 3 is 2.70 bits per heavy atom. The van der Waals surface area contributed by atoms with Gasteiger partial charge in [0.25, 0.3) is 11.5 Å². The molecule has 0 saturated carbocycles. The summed E-state index contributed by atoms with van der Waals surface area (Å²) in [6.07, 6.45) is 0. The maximum atomic E-state index is 12.1. The lowest BCUT2D eigenvalue weighted by molar-refractivity contribution is -0.119. The van der Waals surface area contributed by atoms with Gasteiger partial charge in [-0.15, -0.1) is 11.3 Å². The summed E-state index contributed by atoms with van der Waals surface area (Å²) in [4.78, 5) is 13.1. The summed E-state index contributed by atoms with van der Waals surface area (Å²) in [7, 11) is 0. The third-order valence-corrected chi connectivity index (χ3v) is 5.00. The van der Waals surface area contributed by atoms with Crippen molar-refractivity contribution in [3.05, 3.63) is 44.2 Å². The molecule has 0 radical (unpaired) electrons. The summed E-state index contributed by atoms with van der Waals surface area (Å²) in [6, 6.07) is 6.65. The molecule has 2 aromatic rings. The molecule has 0 aliphatic heterocycles. The molecule has 1 heterocycles. The maximum absolute atomic E-state index is 12.1. The molecule has 1 aromatic heterocycles. The standard InChI is InChI=1S/C15H11Cl3N2O2S/c1-7-8(2)23-15(10(7)6-19)20-14(21)13(18)22-12-4-3-9(16)5-11(12)17/h3-5,13H,1-2H3,(H,20,21). The molecule has 0 aliphatic carbocycles. The number of carbonyl (C=O) groups is 1. The number of benzene rings is 1. The number of alkyl halides is 1. The van der Waals surface area contributed by atoms with Gasteiger partial charge in [-0.25, -0.2) is 0 Å². The molecule has 1 aromatic carbocycles. The summed E-state index contributed by atoms with van der Waals surface area (Å²) in [6.45, 7) is 3.70. The minimum Gasteiger partial charge on any atom is -0.463 e. The van der Waals surface area contributed by atoms with E-state index in [1.165, 1.54) is 23.5 Å². The van der Waals surface area contributed by atoms with E-state index >= 15 is 0 Å². The van der Waals surface area contributed by atoms with Gasteiger partial charge in [0.2, 0.25) is 0 Å². The average Bonchev–Trinajstić information content (AvgIpc) is 2.76. The highest BCUT2D eigenvalue weighted by molar-refractivity contribution is 7.16. The largest absolute Gasteiger partial charge is 0.463 e. The molecule has 1 unspecified atom stereocenters. The zero-order valence-electron chi connectivity index (χ0n) is 12.1. The van der Waals surface area contributed by atoms with Gasteiger partial charge in [0.05, 0.1) is 10.6 Å². The second kappa shape index (κ2) is 7.41. The molecule has 1 N–H and O–H groups in total. The van der Waals surface area contributed by atoms with Crippen molar-refractivity contribution >= 4 is 57.0 Å². The number of rotatable bonds is 4. The zero-order valence-corrected chi connectivity index (χ0v) is 15.2. The number of amides is 1. The average molecular weight is 390 g/mol. The Bertz CT molecular complexity index is 799. The number of hydrogen-bond acceptors (Lipinski definition) is 4. The Hall–Kier alpha value is -1.45. The van der Waals surface area contributed by atoms with Crippen LogP contribution in [-0.4, -0.2) is 11.5 Å². The highest BCUT2D eigenvalue weighted by Gasteiger charge is 2.22. The van der Waals surface area contributed by atoms with E-state index in [1.54, 1.807) is 6.07 Å². The van der Waals surface area contributed by atoms with Gasteiger partial charge in [0, 0.05) is 9.90 Å². The summed E-state index contributed by atoms with van der Waals surface area (Å²) in [5.41, 5.74) is -0.0437. The number of hydrogen-bond donors (Lipinski definition) is 1. The molecular formula is C15H11Cl3N2O2S. The summed E-state index contributed by atoms with van der Waals surface area (Å²) < 4.78 is 5.33. The van der Waals surface area contributed by atoms with Crippen molar-refractivity contribution in [2.45, 2.75) is 19.4 Å². The molecule has 8 heteroatoms. The molecule has 0 saturated heterocycles. The Kier molecular flexibility index (Phi) is 5.77. The van der Waals surface area contributed by atoms with Gasteiger partial charge in [-0.05, 0) is 37.6 Å². The minimum absolute atomic E-state index is 0.241. The van der Waals surface area contributed by atoms with Crippen molar-refractivity contribution in [3.8, 4) is 11.8 Å². The number of aryl methyl sites for hydroxylation is 1. The smallest absolute Gasteiger partial charge is 0.281 e. The third-order valence-electron chi connectivity index (χ3n) is 3.06. The van der Waals surface area contributed by atoms with Crippen LogP contribution in [0.3, 0.4) is 0 Å². The maximum Gasteiger partial charge on any atom is 0.281 e. The van der Waals surface area contributed by atoms with Gasteiger partial charge in [-0.1, -0.05) is 34.8 Å². The number of thiophene rings is 1. The number of nitrogens with zero attached hydrogens (tertiary/aromatic N) is 1. The molecule has 0 aliphatic rings. The van der Waals surface area contributed by atoms with Crippen molar-refractivity contribution < 1.29 is 9.53 Å². The normalized spacial score (nSPS) is 11.7. The number of carbonyl (C=O) groups excluding carboxylic acids is 1. The van der Waals surface area contributed by atoms with E-state index in [0.29, 0.717) is 15.6 Å². The first kappa shape index (κ1) is 17.9. The van der Waals surface area contributed by atoms with Crippen molar-refractivity contribution in [3.63, 3.8) is 0 Å². The lowest BCUT2D eigenvalue weighted by Crippen LogP contribution is -2.28. The van der Waals surface area contributed by atoms with E-state index in [1.807, 2.05) is 13.8 Å². The Morgan fingerprint density at radius 1 is 1.39 bits per heavy atom. The lowest BCUT2D eigenvalue weighted by atomic mass is 10.2. The lowest BCUT2D eigenvalue weighted by Gasteiger charge is -2.13. The molecular weight excluding hydrogens is 379 g/mol. The highest BCUT2D eigenvalue weighted by atomic mass is 35.5. The SMILES string of the molecule is Cc1sc(NC(=O)C(Cl)Oc2ccc(Cl)cc2Cl)c(C#N)c1C. The number of ether oxygens (including phenoxy) is 1. The topological polar surface area (TPSA) is 62.1 Å². The number of anilines is 1. The molecule has 0 fully saturated rings. The molecule has 1 amide bonds. The Balaban J connectivity index is 2.12. The fourth-order valence-electron chi connectivity index (χ4n) is 1.75. The summed E-state index contributed by atoms with van der Waals surface area (Å²) in [5.74, 6) is -0.347. The van der Waals surface area contributed by atoms with Gasteiger partial charge < -0.3 is 10.1 Å². The fourth-order valence-corrected chi connectivity index (χ4v) is 3.37. The Labute approximate surface area is 152 Å². The van der Waals surface area contributed by atoms with Crippen LogP contribution >= 0.6 is 46.1 Å². The van der Waals surface area contributed by atoms with Crippen LogP contribution in [0, 0.1) is 25.2 Å². The molecule has 23 heavy (non-hydrogen) atoms. The quantitative estimate of drug-likeness (QED) is 0.738. The van der Waals surface area contributed by atoms with Crippen molar-refractivity contribution in [2.24, 2.45) is 0 Å². The second-order valence-corrected chi connectivity index (χ2v) is 7.06. The van der Waals surface area contributed by atoms with E-state index in [2.05, 4.69) is 11.4 Å². The first-order valence-electron chi connectivity index (χ1n) is 6.40. The van der Waals surface area contributed by atoms with E-state index in [-0.39, 0.29) is 10.8 Å². The number of halogens is 3. The van der Waals surface area contributed by atoms with E-state index in [9.17, 15) is 10.1 Å². The van der Waals surface area contributed by atoms with Crippen LogP contribution < -0.4 is 10.1 Å². The van der Waals surface area contributed by atoms with Gasteiger partial charge in [0.1, 0.15) is 16.8 Å². The van der Waals surface area contributed by atoms with E-state index < -0.39 is 11.5 Å². The summed E-state index contributed by atoms with van der Waals surface area (Å²) >= 11 is 19.0. The van der Waals surface area contributed by atoms with Crippen molar-refractivity contribution in [1.82, 2.24) is 0 Å². The number of nitriles is 1. The van der Waals surface area contributed by atoms with Gasteiger partial charge in [-0.2, -0.15) is 5.26 Å². The fraction of sp³-hybridized carbons (Fsp3) is 0.200. The first-order valence-corrected chi connectivity index (χ1v) is 8.41. The zero-order chi connectivity index (χ0) is 17.1. The van der Waals surface area contributed by atoms with Crippen LogP contribution in [0.4, 0.5) is 5.00 Å². The second-order valence-electron chi connectivity index (χ2n) is 4.60. The molecule has 0 bridgehead atoms. The molecule has 0 spiro atoms. The van der Waals surface area contributed by atoms with Gasteiger partial charge in [0.15, 0.2) is 0 Å². The predicted octanol–water partition coefficient (Wildman–Crippen LogP) is 5.13. The van der Waals surface area contributed by atoms with Gasteiger partial charge >= 0.3 is 0 Å². The molecule has 4 nitrogen and oxygen atoms in total. The molecule has 2 rings (SSSR count). The molecule has 1 atom stereocenters. The van der Waals surface area contributed by atoms with Crippen LogP contribution in [0.1, 0.15) is 16.0 Å². The summed E-state index contributed by atoms with van der Waals surface area (Å²) in [5, 5.41) is 12.9. The van der Waals surface area contributed by atoms with Crippen molar-refractivity contribution in [1.29, 1.82) is 5.26 Å². The predicted molar refractivity (Wildman–Crippen MR) is 93.9 cm³/mol. The monoisotopic (exact) mass is 388 g/mol. The number of nitrogens with one attached hydrogen (secondary N) is 1. The van der Waals surface area contributed by atoms with Gasteiger partial charge in [-0.3, -0.25) is 4.79 Å². The van der Waals surface area contributed by atoms with Crippen molar-refractivity contribution in [2.75, 3.05) is 5.32 Å². The minimum atomic E-state index is -1.30. The van der Waals surface area contributed by atoms with Crippen LogP contribution in [-0.2, 0) is 4.79 Å². The first-order chi connectivity index (χ1) is 10.8. The van der Waals surface area contributed by atoms with E-state index in [4.69, 9.17) is 39.5 Å². The van der Waals surface area contributed by atoms with Crippen LogP contribution in [0.2, 0.25) is 10.0 Å². The van der Waals surface area contributed by atoms with Crippen LogP contribution in [0.5, 0.6) is 5.75 Å². The van der Waals surface area contributed by atoms with Crippen LogP contribution in [0.15, 0.2) is 18.2 Å². The highest BCUT2D eigenvalue weighted by Crippen LogP contribution is 2.32. The Morgan fingerprint density at radius 2 is 2.09 bits per heavy atom. The van der Waals surface area contributed by atoms with Crippen LogP contribution in [0.25, 0.3) is 0 Å². The van der Waals surface area contributed by atoms with E-state index in [0.717, 1.165) is 10.4 Å². The molecule has 120 valence electrons. The third kappa shape index (κ3) is 4.10.